The van der Waals surface area contributed by atoms with E-state index >= 15 is 0 Å². The van der Waals surface area contributed by atoms with Gasteiger partial charge in [0.15, 0.2) is 0 Å². The number of hydrogen-bond acceptors (Lipinski definition) is 3. The maximum atomic E-state index is 13.4. The second-order valence-electron chi connectivity index (χ2n) is 4.29. The van der Waals surface area contributed by atoms with Gasteiger partial charge in [0.1, 0.15) is 5.91 Å². The Morgan fingerprint density at radius 3 is 2.60 bits per heavy atom. The van der Waals surface area contributed by atoms with E-state index in [0.29, 0.717) is 0 Å². The molecule has 1 fully saturated rings. The van der Waals surface area contributed by atoms with E-state index in [4.69, 9.17) is 0 Å². The summed E-state index contributed by atoms with van der Waals surface area (Å²) in [6, 6.07) is -0.919. The summed E-state index contributed by atoms with van der Waals surface area (Å²) in [6.07, 6.45) is 1.93. The Hall–Kier alpha value is -1.36. The summed E-state index contributed by atoms with van der Waals surface area (Å²) in [4.78, 5) is 34.1. The van der Waals surface area contributed by atoms with Crippen LogP contribution in [0.3, 0.4) is 0 Å². The minimum Gasteiger partial charge on any atom is -0.394 e. The minimum atomic E-state index is -0.919. The first kappa shape index (κ1) is 16.7. The molecule has 5 nitrogen and oxygen atoms in total. The minimum absolute atomic E-state index is 0. The molecule has 2 N–H and O–H groups in total. The van der Waals surface area contributed by atoms with Crippen LogP contribution in [0.25, 0.3) is 0 Å². The molecule has 1 saturated heterocycles. The number of carbonyl (C=O) groups excluding carboxylic acids is 3. The summed E-state index contributed by atoms with van der Waals surface area (Å²) in [5.41, 5.74) is -0.520. The molecular formula is C12H11F2N2O3W-. The van der Waals surface area contributed by atoms with E-state index in [9.17, 15) is 23.2 Å². The van der Waals surface area contributed by atoms with Crippen LogP contribution >= 0.6 is 0 Å². The molecule has 1 unspecified atom stereocenters. The number of nitrogens with one attached hydrogen (secondary N) is 2. The van der Waals surface area contributed by atoms with Crippen LogP contribution in [0.1, 0.15) is 25.7 Å². The van der Waals surface area contributed by atoms with Crippen LogP contribution in [0, 0.1) is 6.08 Å². The number of hydrogen-bond donors (Lipinski definition) is 2. The third kappa shape index (κ3) is 3.82. The molecule has 0 spiro atoms. The first-order valence-corrected chi connectivity index (χ1v) is 5.79. The van der Waals surface area contributed by atoms with Crippen molar-refractivity contribution in [2.75, 3.05) is 0 Å². The number of imide groups is 1. The van der Waals surface area contributed by atoms with Gasteiger partial charge in [-0.2, -0.15) is 0 Å². The second-order valence-corrected chi connectivity index (χ2v) is 4.29. The molecule has 20 heavy (non-hydrogen) atoms. The zero-order valence-electron chi connectivity index (χ0n) is 10.3. The van der Waals surface area contributed by atoms with Crippen molar-refractivity contribution in [2.24, 2.45) is 0 Å². The van der Waals surface area contributed by atoms with Crippen molar-refractivity contribution in [1.29, 1.82) is 0 Å². The fourth-order valence-corrected chi connectivity index (χ4v) is 1.85. The van der Waals surface area contributed by atoms with E-state index in [2.05, 4.69) is 10.6 Å². The van der Waals surface area contributed by atoms with Crippen molar-refractivity contribution in [3.63, 3.8) is 0 Å². The van der Waals surface area contributed by atoms with Crippen LogP contribution in [0.4, 0.5) is 8.78 Å². The topological polar surface area (TPSA) is 75.3 Å². The molecule has 108 valence electrons. The Bertz CT molecular complexity index is 517. The van der Waals surface area contributed by atoms with E-state index in [0.717, 1.165) is 0 Å². The number of amides is 3. The SMILES string of the molecule is O=C1CCC(NC(=O)C2=C(F)CCC(F)=[C-]2)C(=O)N1.[W]. The Morgan fingerprint density at radius 1 is 1.25 bits per heavy atom. The fraction of sp³-hybridized carbons (Fsp3) is 0.417. The number of halogens is 2. The van der Waals surface area contributed by atoms with E-state index in [1.807, 2.05) is 6.08 Å². The summed E-state index contributed by atoms with van der Waals surface area (Å²) >= 11 is 0. The van der Waals surface area contributed by atoms with Crippen LogP contribution in [-0.2, 0) is 35.4 Å². The second kappa shape index (κ2) is 6.88. The van der Waals surface area contributed by atoms with Gasteiger partial charge in [-0.3, -0.25) is 19.3 Å². The van der Waals surface area contributed by atoms with Crippen LogP contribution in [0.15, 0.2) is 17.2 Å². The molecule has 0 aromatic heterocycles. The maximum Gasteiger partial charge on any atom is 0.248 e. The molecule has 0 aromatic carbocycles. The number of allylic oxidation sites excluding steroid dienone is 2. The van der Waals surface area contributed by atoms with Crippen molar-refractivity contribution < 1.29 is 44.2 Å². The smallest absolute Gasteiger partial charge is 0.248 e. The summed E-state index contributed by atoms with van der Waals surface area (Å²) in [5, 5.41) is 4.32. The molecule has 3 amide bonds. The van der Waals surface area contributed by atoms with Gasteiger partial charge in [-0.05, 0) is 25.1 Å². The molecule has 0 bridgehead atoms. The number of rotatable bonds is 2. The van der Waals surface area contributed by atoms with E-state index in [1.165, 1.54) is 0 Å². The van der Waals surface area contributed by atoms with Gasteiger partial charge in [-0.25, -0.2) is 4.39 Å². The molecule has 0 saturated carbocycles. The van der Waals surface area contributed by atoms with Gasteiger partial charge in [0, 0.05) is 33.3 Å². The monoisotopic (exact) mass is 453 g/mol. The van der Waals surface area contributed by atoms with Gasteiger partial charge in [-0.1, -0.05) is 5.57 Å². The third-order valence-electron chi connectivity index (χ3n) is 2.87. The Balaban J connectivity index is 0.00000200. The van der Waals surface area contributed by atoms with Gasteiger partial charge in [0.2, 0.25) is 11.8 Å². The van der Waals surface area contributed by atoms with Gasteiger partial charge < -0.3 is 10.1 Å². The molecular weight excluding hydrogens is 442 g/mol. The van der Waals surface area contributed by atoms with Crippen LogP contribution < -0.4 is 10.6 Å². The summed E-state index contributed by atoms with van der Waals surface area (Å²) in [7, 11) is 0. The molecule has 2 rings (SSSR count). The van der Waals surface area contributed by atoms with E-state index in [-0.39, 0.29) is 46.7 Å². The average molecular weight is 453 g/mol. The quantitative estimate of drug-likeness (QED) is 0.475. The van der Waals surface area contributed by atoms with E-state index in [1.54, 1.807) is 0 Å². The van der Waals surface area contributed by atoms with Crippen molar-refractivity contribution in [2.45, 2.75) is 31.7 Å². The largest absolute Gasteiger partial charge is 0.394 e. The predicted octanol–water partition coefficient (Wildman–Crippen LogP) is 0.579. The van der Waals surface area contributed by atoms with Crippen molar-refractivity contribution >= 4 is 17.7 Å². The summed E-state index contributed by atoms with van der Waals surface area (Å²) in [6.45, 7) is 0. The molecule has 0 aromatic rings. The van der Waals surface area contributed by atoms with Crippen molar-refractivity contribution in [1.82, 2.24) is 10.6 Å². The number of piperidine rings is 1. The van der Waals surface area contributed by atoms with Crippen LogP contribution in [0.5, 0.6) is 0 Å². The molecule has 1 aliphatic carbocycles. The van der Waals surface area contributed by atoms with Crippen molar-refractivity contribution in [3.05, 3.63) is 23.3 Å². The molecule has 0 radical (unpaired) electrons. The zero-order chi connectivity index (χ0) is 14.0. The van der Waals surface area contributed by atoms with Crippen molar-refractivity contribution in [3.8, 4) is 0 Å². The molecule has 1 heterocycles. The molecule has 1 atom stereocenters. The molecule has 1 aliphatic heterocycles. The van der Waals surface area contributed by atoms with Gasteiger partial charge in [-0.15, -0.1) is 6.08 Å². The third-order valence-corrected chi connectivity index (χ3v) is 2.87. The molecule has 8 heteroatoms. The first-order chi connectivity index (χ1) is 8.97. The fourth-order valence-electron chi connectivity index (χ4n) is 1.85. The summed E-state index contributed by atoms with van der Waals surface area (Å²) in [5.74, 6) is -3.43. The van der Waals surface area contributed by atoms with Crippen LogP contribution in [0.2, 0.25) is 0 Å². The Morgan fingerprint density at radius 2 is 1.95 bits per heavy atom. The standard InChI is InChI=1S/C12H11F2N2O3.W/c13-6-1-2-8(14)7(5-6)11(18)15-9-3-4-10(17)16-12(9)19;/h9H,1-4H2,(H,15,18)(H,16,17,19);/q-1;. The Kier molecular flexibility index (Phi) is 5.74. The summed E-state index contributed by atoms with van der Waals surface area (Å²) < 4.78 is 26.4. The van der Waals surface area contributed by atoms with Gasteiger partial charge >= 0.3 is 0 Å². The zero-order valence-corrected chi connectivity index (χ0v) is 13.2. The number of carbonyl (C=O) groups is 3. The normalized spacial score (nSPS) is 22.7. The average Bonchev–Trinajstić information content (AvgIpc) is 2.35. The maximum absolute atomic E-state index is 13.4. The Labute approximate surface area is 128 Å². The first-order valence-electron chi connectivity index (χ1n) is 5.79. The van der Waals surface area contributed by atoms with Crippen LogP contribution in [-0.4, -0.2) is 23.8 Å². The van der Waals surface area contributed by atoms with Gasteiger partial charge in [0.05, 0.1) is 6.04 Å². The van der Waals surface area contributed by atoms with Gasteiger partial charge in [0.25, 0.3) is 0 Å². The van der Waals surface area contributed by atoms with E-state index < -0.39 is 41.0 Å². The molecule has 2 aliphatic rings. The predicted molar refractivity (Wildman–Crippen MR) is 59.5 cm³/mol.